The lowest BCUT2D eigenvalue weighted by Gasteiger charge is -2.19. The van der Waals surface area contributed by atoms with Crippen LogP contribution in [0.4, 0.5) is 0 Å². The number of imidazole rings is 1. The molecular formula is C9H15Cl2N3O2. The van der Waals surface area contributed by atoms with Crippen molar-refractivity contribution in [2.45, 2.75) is 31.8 Å². The van der Waals surface area contributed by atoms with Crippen LogP contribution >= 0.6 is 24.8 Å². The minimum Gasteiger partial charge on any atom is -0.481 e. The SMILES string of the molecule is Cl.Cl.NCc1cn2c(n1)C(C(=O)O)CCC2. The lowest BCUT2D eigenvalue weighted by atomic mass is 9.99. The van der Waals surface area contributed by atoms with E-state index < -0.39 is 11.9 Å². The van der Waals surface area contributed by atoms with E-state index in [2.05, 4.69) is 4.98 Å². The Balaban J connectivity index is 0.00000112. The van der Waals surface area contributed by atoms with E-state index in [9.17, 15) is 4.79 Å². The number of halogens is 2. The van der Waals surface area contributed by atoms with Crippen LogP contribution in [0.15, 0.2) is 6.20 Å². The summed E-state index contributed by atoms with van der Waals surface area (Å²) in [6, 6.07) is 0. The number of nitrogens with zero attached hydrogens (tertiary/aromatic N) is 2. The Morgan fingerprint density at radius 1 is 1.62 bits per heavy atom. The number of aryl methyl sites for hydroxylation is 1. The molecule has 0 radical (unpaired) electrons. The molecule has 0 aromatic carbocycles. The van der Waals surface area contributed by atoms with Crippen molar-refractivity contribution in [1.29, 1.82) is 0 Å². The van der Waals surface area contributed by atoms with Crippen LogP contribution in [0.2, 0.25) is 0 Å². The maximum absolute atomic E-state index is 10.9. The predicted molar refractivity (Wildman–Crippen MR) is 64.2 cm³/mol. The molecule has 1 aromatic heterocycles. The molecule has 0 bridgehead atoms. The summed E-state index contributed by atoms with van der Waals surface area (Å²) in [4.78, 5) is 15.2. The lowest BCUT2D eigenvalue weighted by molar-refractivity contribution is -0.139. The van der Waals surface area contributed by atoms with Crippen molar-refractivity contribution in [1.82, 2.24) is 9.55 Å². The molecule has 0 fully saturated rings. The lowest BCUT2D eigenvalue weighted by Crippen LogP contribution is -2.22. The fourth-order valence-electron chi connectivity index (χ4n) is 1.87. The molecule has 1 aliphatic rings. The Morgan fingerprint density at radius 3 is 2.88 bits per heavy atom. The Kier molecular flexibility index (Phi) is 5.78. The summed E-state index contributed by atoms with van der Waals surface area (Å²) in [5.74, 6) is -0.589. The van der Waals surface area contributed by atoms with E-state index in [1.165, 1.54) is 0 Å². The third-order valence-electron chi connectivity index (χ3n) is 2.57. The fraction of sp³-hybridized carbons (Fsp3) is 0.556. The van der Waals surface area contributed by atoms with Gasteiger partial charge in [-0.1, -0.05) is 0 Å². The number of nitrogens with two attached hydrogens (primary N) is 1. The molecule has 0 spiro atoms. The molecule has 3 N–H and O–H groups in total. The zero-order chi connectivity index (χ0) is 10.1. The number of aromatic nitrogens is 2. The number of fused-ring (bicyclic) bond motifs is 1. The van der Waals surface area contributed by atoms with Crippen LogP contribution in [0.5, 0.6) is 0 Å². The van der Waals surface area contributed by atoms with Crippen LogP contribution in [-0.2, 0) is 17.9 Å². The fourth-order valence-corrected chi connectivity index (χ4v) is 1.87. The molecule has 2 rings (SSSR count). The Bertz CT molecular complexity index is 368. The second kappa shape index (κ2) is 6.08. The van der Waals surface area contributed by atoms with Crippen LogP contribution in [0.3, 0.4) is 0 Å². The third kappa shape index (κ3) is 2.66. The molecule has 1 atom stereocenters. The van der Waals surface area contributed by atoms with Gasteiger partial charge in [0.15, 0.2) is 0 Å². The minimum atomic E-state index is -0.792. The van der Waals surface area contributed by atoms with Gasteiger partial charge >= 0.3 is 5.97 Å². The quantitative estimate of drug-likeness (QED) is 0.843. The predicted octanol–water partition coefficient (Wildman–Crippen LogP) is 1.15. The standard InChI is InChI=1S/C9H13N3O2.2ClH/c10-4-6-5-12-3-1-2-7(9(13)14)8(12)11-6;;/h5,7H,1-4,10H2,(H,13,14);2*1H. The van der Waals surface area contributed by atoms with Crippen LogP contribution in [0.25, 0.3) is 0 Å². The minimum absolute atomic E-state index is 0. The number of carboxylic acid groups (broad SMARTS) is 1. The molecule has 2 heterocycles. The molecule has 1 aromatic rings. The number of aliphatic carboxylic acids is 1. The molecule has 7 heteroatoms. The van der Waals surface area contributed by atoms with Crippen molar-refractivity contribution in [3.8, 4) is 0 Å². The van der Waals surface area contributed by atoms with Crippen molar-refractivity contribution < 1.29 is 9.90 Å². The van der Waals surface area contributed by atoms with Crippen molar-refractivity contribution in [2.24, 2.45) is 5.73 Å². The van der Waals surface area contributed by atoms with Crippen molar-refractivity contribution in [2.75, 3.05) is 0 Å². The highest BCUT2D eigenvalue weighted by Gasteiger charge is 2.28. The van der Waals surface area contributed by atoms with Crippen molar-refractivity contribution >= 4 is 30.8 Å². The summed E-state index contributed by atoms with van der Waals surface area (Å²) in [6.07, 6.45) is 3.42. The van der Waals surface area contributed by atoms with E-state index >= 15 is 0 Å². The molecule has 16 heavy (non-hydrogen) atoms. The molecular weight excluding hydrogens is 253 g/mol. The summed E-state index contributed by atoms with van der Waals surface area (Å²) < 4.78 is 1.91. The van der Waals surface area contributed by atoms with Crippen LogP contribution in [0.1, 0.15) is 30.3 Å². The Hall–Kier alpha value is -0.780. The van der Waals surface area contributed by atoms with Crippen molar-refractivity contribution in [3.05, 3.63) is 17.7 Å². The van der Waals surface area contributed by atoms with Gasteiger partial charge in [-0.25, -0.2) is 4.98 Å². The highest BCUT2D eigenvalue weighted by atomic mass is 35.5. The Labute approximate surface area is 106 Å². The topological polar surface area (TPSA) is 81.1 Å². The second-order valence-electron chi connectivity index (χ2n) is 3.52. The summed E-state index contributed by atoms with van der Waals surface area (Å²) in [5, 5.41) is 8.98. The molecule has 0 amide bonds. The average molecular weight is 268 g/mol. The van der Waals surface area contributed by atoms with Gasteiger partial charge in [0.1, 0.15) is 11.7 Å². The number of hydrogen-bond acceptors (Lipinski definition) is 3. The highest BCUT2D eigenvalue weighted by Crippen LogP contribution is 2.26. The largest absolute Gasteiger partial charge is 0.481 e. The maximum atomic E-state index is 10.9. The van der Waals surface area contributed by atoms with Crippen LogP contribution < -0.4 is 5.73 Å². The average Bonchev–Trinajstić information content (AvgIpc) is 2.59. The van der Waals surface area contributed by atoms with E-state index in [1.54, 1.807) is 0 Å². The van der Waals surface area contributed by atoms with Crippen molar-refractivity contribution in [3.63, 3.8) is 0 Å². The van der Waals surface area contributed by atoms with Crippen LogP contribution in [-0.4, -0.2) is 20.6 Å². The first-order valence-electron chi connectivity index (χ1n) is 4.71. The number of carbonyl (C=O) groups is 1. The molecule has 92 valence electrons. The first-order chi connectivity index (χ1) is 6.72. The molecule has 0 aliphatic carbocycles. The monoisotopic (exact) mass is 267 g/mol. The van der Waals surface area contributed by atoms with Gasteiger partial charge in [0.2, 0.25) is 0 Å². The van der Waals surface area contributed by atoms with Gasteiger partial charge < -0.3 is 15.4 Å². The molecule has 1 unspecified atom stereocenters. The van der Waals surface area contributed by atoms with Gasteiger partial charge in [-0.2, -0.15) is 0 Å². The van der Waals surface area contributed by atoms with E-state index in [-0.39, 0.29) is 24.8 Å². The van der Waals surface area contributed by atoms with Crippen LogP contribution in [0, 0.1) is 0 Å². The normalized spacial score (nSPS) is 17.9. The van der Waals surface area contributed by atoms with Gasteiger partial charge in [0, 0.05) is 19.3 Å². The summed E-state index contributed by atoms with van der Waals surface area (Å²) in [6.45, 7) is 1.22. The zero-order valence-electron chi connectivity index (χ0n) is 8.63. The first kappa shape index (κ1) is 15.2. The molecule has 0 saturated carbocycles. The summed E-state index contributed by atoms with van der Waals surface area (Å²) in [5.41, 5.74) is 6.23. The smallest absolute Gasteiger partial charge is 0.314 e. The van der Waals surface area contributed by atoms with Gasteiger partial charge in [-0.05, 0) is 12.8 Å². The van der Waals surface area contributed by atoms with E-state index in [4.69, 9.17) is 10.8 Å². The third-order valence-corrected chi connectivity index (χ3v) is 2.57. The second-order valence-corrected chi connectivity index (χ2v) is 3.52. The van der Waals surface area contributed by atoms with E-state index in [0.29, 0.717) is 18.8 Å². The van der Waals surface area contributed by atoms with Gasteiger partial charge in [0.25, 0.3) is 0 Å². The highest BCUT2D eigenvalue weighted by molar-refractivity contribution is 5.85. The first-order valence-corrected chi connectivity index (χ1v) is 4.71. The number of hydrogen-bond donors (Lipinski definition) is 2. The van der Waals surface area contributed by atoms with E-state index in [1.807, 2.05) is 10.8 Å². The summed E-state index contributed by atoms with van der Waals surface area (Å²) in [7, 11) is 0. The van der Waals surface area contributed by atoms with Gasteiger partial charge in [-0.3, -0.25) is 4.79 Å². The number of rotatable bonds is 2. The molecule has 1 aliphatic heterocycles. The summed E-state index contributed by atoms with van der Waals surface area (Å²) >= 11 is 0. The number of carboxylic acids is 1. The van der Waals surface area contributed by atoms with Gasteiger partial charge in [0.05, 0.1) is 5.69 Å². The van der Waals surface area contributed by atoms with E-state index in [0.717, 1.165) is 18.7 Å². The zero-order valence-corrected chi connectivity index (χ0v) is 10.3. The molecule has 0 saturated heterocycles. The Morgan fingerprint density at radius 2 is 2.31 bits per heavy atom. The molecule has 5 nitrogen and oxygen atoms in total. The van der Waals surface area contributed by atoms with Gasteiger partial charge in [-0.15, -0.1) is 24.8 Å². The maximum Gasteiger partial charge on any atom is 0.314 e.